The summed E-state index contributed by atoms with van der Waals surface area (Å²) in [6.07, 6.45) is -4.08. The second kappa shape index (κ2) is 13.5. The summed E-state index contributed by atoms with van der Waals surface area (Å²) in [5.41, 5.74) is 18.3. The Morgan fingerprint density at radius 2 is 1.62 bits per heavy atom. The molecule has 1 aliphatic rings. The molecule has 1 aliphatic heterocycles. The Labute approximate surface area is 225 Å². The third kappa shape index (κ3) is 8.25. The fraction of sp³-hybridized carbons (Fsp3) is 0.444. The lowest BCUT2D eigenvalue weighted by molar-refractivity contribution is -0.138. The smallest absolute Gasteiger partial charge is 0.343 e. The van der Waals surface area contributed by atoms with Crippen LogP contribution in [0.2, 0.25) is 0 Å². The maximum Gasteiger partial charge on any atom is 0.416 e. The van der Waals surface area contributed by atoms with E-state index in [1.807, 2.05) is 30.3 Å². The Kier molecular flexibility index (Phi) is 10.4. The van der Waals surface area contributed by atoms with Gasteiger partial charge in [-0.05, 0) is 41.7 Å². The van der Waals surface area contributed by atoms with Gasteiger partial charge in [0.05, 0.1) is 18.0 Å². The van der Waals surface area contributed by atoms with Gasteiger partial charge >= 0.3 is 6.18 Å². The van der Waals surface area contributed by atoms with Gasteiger partial charge in [0.1, 0.15) is 6.04 Å². The van der Waals surface area contributed by atoms with Gasteiger partial charge in [-0.15, -0.1) is 0 Å². The van der Waals surface area contributed by atoms with Gasteiger partial charge in [-0.25, -0.2) is 0 Å². The van der Waals surface area contributed by atoms with E-state index in [4.69, 9.17) is 17.2 Å². The Hall–Kier alpha value is -3.48. The van der Waals surface area contributed by atoms with Crippen LogP contribution in [0.4, 0.5) is 13.2 Å². The number of benzene rings is 2. The Morgan fingerprint density at radius 1 is 0.974 bits per heavy atom. The van der Waals surface area contributed by atoms with Gasteiger partial charge in [0.2, 0.25) is 17.7 Å². The number of carbonyl (C=O) groups is 3. The minimum Gasteiger partial charge on any atom is -0.343 e. The summed E-state index contributed by atoms with van der Waals surface area (Å²) < 4.78 is 39.5. The van der Waals surface area contributed by atoms with Gasteiger partial charge in [0, 0.05) is 39.3 Å². The second-order valence-electron chi connectivity index (χ2n) is 9.53. The minimum absolute atomic E-state index is 0.00648. The van der Waals surface area contributed by atoms with Crippen molar-refractivity contribution in [2.45, 2.75) is 50.6 Å². The zero-order valence-corrected chi connectivity index (χ0v) is 21.6. The van der Waals surface area contributed by atoms with E-state index in [1.54, 1.807) is 0 Å². The molecule has 0 fully saturated rings. The van der Waals surface area contributed by atoms with E-state index in [1.165, 1.54) is 15.9 Å². The molecule has 0 saturated heterocycles. The number of alkyl halides is 3. The SMILES string of the molecule is NCCN(CCN)C(=O)CC(N)C(=O)NC(CCc1ccccc1)C(=O)N1Cc2ccc(C(F)(F)F)cc2C1. The van der Waals surface area contributed by atoms with Crippen molar-refractivity contribution < 1.29 is 27.6 Å². The summed E-state index contributed by atoms with van der Waals surface area (Å²) in [4.78, 5) is 42.0. The molecule has 0 bridgehead atoms. The Morgan fingerprint density at radius 3 is 2.23 bits per heavy atom. The van der Waals surface area contributed by atoms with E-state index in [-0.39, 0.29) is 58.0 Å². The number of hydrogen-bond donors (Lipinski definition) is 4. The van der Waals surface area contributed by atoms with E-state index < -0.39 is 35.6 Å². The molecule has 2 unspecified atom stereocenters. The van der Waals surface area contributed by atoms with Gasteiger partial charge < -0.3 is 32.3 Å². The lowest BCUT2D eigenvalue weighted by Crippen LogP contribution is -2.53. The van der Waals surface area contributed by atoms with Crippen LogP contribution >= 0.6 is 0 Å². The van der Waals surface area contributed by atoms with Gasteiger partial charge in [0.15, 0.2) is 0 Å². The van der Waals surface area contributed by atoms with Crippen LogP contribution < -0.4 is 22.5 Å². The van der Waals surface area contributed by atoms with E-state index in [0.29, 0.717) is 17.5 Å². The standard InChI is InChI=1S/C27H35F3N6O3/c28-27(29,30)21-8-7-19-16-36(17-20(19)14-21)26(39)23(9-6-18-4-2-1-3-5-18)34-25(38)22(33)15-24(37)35(12-10-31)13-11-32/h1-5,7-8,14,22-23H,6,9-13,15-17,31-33H2,(H,34,38). The van der Waals surface area contributed by atoms with E-state index in [0.717, 1.165) is 17.7 Å². The van der Waals surface area contributed by atoms with Gasteiger partial charge in [0.25, 0.3) is 0 Å². The third-order valence-electron chi connectivity index (χ3n) is 6.63. The molecule has 3 rings (SSSR count). The zero-order chi connectivity index (χ0) is 28.6. The first-order chi connectivity index (χ1) is 18.5. The first-order valence-corrected chi connectivity index (χ1v) is 12.8. The number of amides is 3. The molecule has 212 valence electrons. The van der Waals surface area contributed by atoms with Crippen molar-refractivity contribution in [2.24, 2.45) is 17.2 Å². The fourth-order valence-corrected chi connectivity index (χ4v) is 4.52. The third-order valence-corrected chi connectivity index (χ3v) is 6.63. The largest absolute Gasteiger partial charge is 0.416 e. The average molecular weight is 549 g/mol. The van der Waals surface area contributed by atoms with Crippen LogP contribution in [0.25, 0.3) is 0 Å². The van der Waals surface area contributed by atoms with Crippen molar-refractivity contribution in [2.75, 3.05) is 26.2 Å². The molecule has 7 N–H and O–H groups in total. The first kappa shape index (κ1) is 30.1. The number of rotatable bonds is 12. The van der Waals surface area contributed by atoms with Crippen molar-refractivity contribution in [1.82, 2.24) is 15.1 Å². The van der Waals surface area contributed by atoms with Crippen LogP contribution in [0.15, 0.2) is 48.5 Å². The number of nitrogens with zero attached hydrogens (tertiary/aromatic N) is 2. The van der Waals surface area contributed by atoms with Gasteiger partial charge in [-0.1, -0.05) is 36.4 Å². The van der Waals surface area contributed by atoms with Crippen molar-refractivity contribution >= 4 is 17.7 Å². The molecule has 2 aromatic rings. The number of hydrogen-bond acceptors (Lipinski definition) is 6. The number of fused-ring (bicyclic) bond motifs is 1. The molecule has 12 heteroatoms. The highest BCUT2D eigenvalue weighted by Crippen LogP contribution is 2.33. The molecular weight excluding hydrogens is 513 g/mol. The fourth-order valence-electron chi connectivity index (χ4n) is 4.52. The van der Waals surface area contributed by atoms with Crippen LogP contribution in [0.1, 0.15) is 35.1 Å². The Balaban J connectivity index is 1.71. The lowest BCUT2D eigenvalue weighted by Gasteiger charge is -2.26. The molecule has 0 radical (unpaired) electrons. The van der Waals surface area contributed by atoms with Crippen LogP contribution in [0.5, 0.6) is 0 Å². The molecule has 0 spiro atoms. The first-order valence-electron chi connectivity index (χ1n) is 12.8. The molecule has 39 heavy (non-hydrogen) atoms. The molecule has 9 nitrogen and oxygen atoms in total. The number of nitrogens with one attached hydrogen (secondary N) is 1. The van der Waals surface area contributed by atoms with Crippen LogP contribution in [-0.4, -0.2) is 65.8 Å². The number of carbonyl (C=O) groups excluding carboxylic acids is 3. The normalized spacial score (nSPS) is 14.5. The Bertz CT molecular complexity index is 1140. The summed E-state index contributed by atoms with van der Waals surface area (Å²) >= 11 is 0. The quantitative estimate of drug-likeness (QED) is 0.313. The monoisotopic (exact) mass is 548 g/mol. The molecule has 0 saturated carbocycles. The summed E-state index contributed by atoms with van der Waals surface area (Å²) in [5.74, 6) is -1.49. The predicted octanol–water partition coefficient (Wildman–Crippen LogP) is 1.13. The molecule has 1 heterocycles. The lowest BCUT2D eigenvalue weighted by atomic mass is 10.0. The summed E-state index contributed by atoms with van der Waals surface area (Å²) in [6.45, 7) is 1.12. The molecule has 0 aliphatic carbocycles. The molecular formula is C27H35F3N6O3. The van der Waals surface area contributed by atoms with E-state index in [9.17, 15) is 27.6 Å². The molecule has 3 amide bonds. The molecule has 2 aromatic carbocycles. The van der Waals surface area contributed by atoms with E-state index >= 15 is 0 Å². The highest BCUT2D eigenvalue weighted by Gasteiger charge is 2.35. The van der Waals surface area contributed by atoms with Crippen LogP contribution in [0, 0.1) is 0 Å². The average Bonchev–Trinajstić information content (AvgIpc) is 3.34. The molecule has 2 atom stereocenters. The summed E-state index contributed by atoms with van der Waals surface area (Å²) in [7, 11) is 0. The summed E-state index contributed by atoms with van der Waals surface area (Å²) in [5, 5.41) is 2.68. The highest BCUT2D eigenvalue weighted by atomic mass is 19.4. The second-order valence-corrected chi connectivity index (χ2v) is 9.53. The zero-order valence-electron chi connectivity index (χ0n) is 21.6. The predicted molar refractivity (Wildman–Crippen MR) is 140 cm³/mol. The van der Waals surface area contributed by atoms with Crippen LogP contribution in [-0.2, 0) is 40.1 Å². The number of halogens is 3. The van der Waals surface area contributed by atoms with Crippen molar-refractivity contribution in [1.29, 1.82) is 0 Å². The minimum atomic E-state index is -4.49. The molecule has 0 aromatic heterocycles. The van der Waals surface area contributed by atoms with Crippen LogP contribution in [0.3, 0.4) is 0 Å². The van der Waals surface area contributed by atoms with Crippen molar-refractivity contribution in [3.05, 3.63) is 70.8 Å². The number of aryl methyl sites for hydroxylation is 1. The van der Waals surface area contributed by atoms with Gasteiger partial charge in [-0.3, -0.25) is 14.4 Å². The maximum atomic E-state index is 13.5. The van der Waals surface area contributed by atoms with E-state index in [2.05, 4.69) is 5.32 Å². The van der Waals surface area contributed by atoms with Crippen molar-refractivity contribution in [3.63, 3.8) is 0 Å². The highest BCUT2D eigenvalue weighted by molar-refractivity contribution is 5.92. The summed E-state index contributed by atoms with van der Waals surface area (Å²) in [6, 6.07) is 10.6. The van der Waals surface area contributed by atoms with Gasteiger partial charge in [-0.2, -0.15) is 13.2 Å². The number of nitrogens with two attached hydrogens (primary N) is 3. The topological polar surface area (TPSA) is 148 Å². The maximum absolute atomic E-state index is 13.5. The van der Waals surface area contributed by atoms with Crippen molar-refractivity contribution in [3.8, 4) is 0 Å².